The van der Waals surface area contributed by atoms with Gasteiger partial charge >= 0.3 is 0 Å². The molecule has 0 saturated carbocycles. The van der Waals surface area contributed by atoms with Gasteiger partial charge in [0.2, 0.25) is 0 Å². The summed E-state index contributed by atoms with van der Waals surface area (Å²) in [6.07, 6.45) is 0. The molecular weight excluding hydrogens is 641 g/mol. The fourth-order valence-corrected chi connectivity index (χ4v) is 8.57. The summed E-state index contributed by atoms with van der Waals surface area (Å²) in [4.78, 5) is 10.4. The molecule has 0 unspecified atom stereocenters. The summed E-state index contributed by atoms with van der Waals surface area (Å²) < 4.78 is 0. The molecule has 0 amide bonds. The van der Waals surface area contributed by atoms with E-state index in [2.05, 4.69) is 184 Å². The summed E-state index contributed by atoms with van der Waals surface area (Å²) in [6, 6.07) is 65.3. The summed E-state index contributed by atoms with van der Waals surface area (Å²) in [5.41, 5.74) is 15.2. The monoisotopic (exact) mass is 676 g/mol. The van der Waals surface area contributed by atoms with Crippen LogP contribution in [0.25, 0.3) is 88.8 Å². The lowest BCUT2D eigenvalue weighted by Gasteiger charge is -2.23. The molecule has 10 rings (SSSR count). The fraction of sp³-hybridized carbons (Fsp3) is 0.0588. The van der Waals surface area contributed by atoms with Crippen molar-refractivity contribution in [2.45, 2.75) is 19.3 Å². The third-order valence-corrected chi connectivity index (χ3v) is 11.1. The van der Waals surface area contributed by atoms with Crippen LogP contribution < -0.4 is 0 Å². The highest BCUT2D eigenvalue weighted by Gasteiger charge is 2.38. The average molecular weight is 677 g/mol. The van der Waals surface area contributed by atoms with E-state index in [-0.39, 0.29) is 5.41 Å². The number of fused-ring (bicyclic) bond motifs is 6. The van der Waals surface area contributed by atoms with Gasteiger partial charge in [-0.15, -0.1) is 0 Å². The summed E-state index contributed by atoms with van der Waals surface area (Å²) in [5.74, 6) is 0.718. The molecule has 1 aliphatic carbocycles. The Bertz CT molecular complexity index is 2790. The average Bonchev–Trinajstić information content (AvgIpc) is 3.47. The van der Waals surface area contributed by atoms with Crippen molar-refractivity contribution in [3.63, 3.8) is 0 Å². The SMILES string of the molecule is CC1(C)c2cccc(-c3cccc(-c4ccc(-c5nc(-c6ccccc6)cc(-c6ccccc6)n5)c5ccccc45)c3)c2-c2ccc3ccccc3c21. The van der Waals surface area contributed by atoms with E-state index in [1.165, 1.54) is 60.7 Å². The molecule has 53 heavy (non-hydrogen) atoms. The normalized spacial score (nSPS) is 12.9. The smallest absolute Gasteiger partial charge is 0.161 e. The topological polar surface area (TPSA) is 25.8 Å². The summed E-state index contributed by atoms with van der Waals surface area (Å²) >= 11 is 0. The van der Waals surface area contributed by atoms with Gasteiger partial charge in [-0.2, -0.15) is 0 Å². The van der Waals surface area contributed by atoms with Crippen LogP contribution in [0.5, 0.6) is 0 Å². The van der Waals surface area contributed by atoms with Gasteiger partial charge in [0.25, 0.3) is 0 Å². The zero-order chi connectivity index (χ0) is 35.5. The van der Waals surface area contributed by atoms with Gasteiger partial charge in [0, 0.05) is 22.1 Å². The second-order valence-electron chi connectivity index (χ2n) is 14.5. The zero-order valence-corrected chi connectivity index (χ0v) is 29.7. The molecule has 1 aliphatic rings. The first-order valence-corrected chi connectivity index (χ1v) is 18.3. The molecule has 2 heteroatoms. The molecule has 2 nitrogen and oxygen atoms in total. The number of rotatable bonds is 5. The molecule has 0 atom stereocenters. The highest BCUT2D eigenvalue weighted by Crippen LogP contribution is 2.54. The lowest BCUT2D eigenvalue weighted by Crippen LogP contribution is -2.15. The predicted molar refractivity (Wildman–Crippen MR) is 222 cm³/mol. The first-order chi connectivity index (χ1) is 26.0. The Hall–Kier alpha value is -6.64. The third kappa shape index (κ3) is 5.10. The number of benzene rings is 8. The van der Waals surface area contributed by atoms with Gasteiger partial charge < -0.3 is 0 Å². The Balaban J connectivity index is 1.12. The Labute approximate surface area is 310 Å². The minimum atomic E-state index is -0.106. The van der Waals surface area contributed by atoms with Crippen molar-refractivity contribution < 1.29 is 0 Å². The van der Waals surface area contributed by atoms with E-state index in [1.807, 2.05) is 12.1 Å². The van der Waals surface area contributed by atoms with E-state index < -0.39 is 0 Å². The van der Waals surface area contributed by atoms with E-state index in [1.54, 1.807) is 0 Å². The van der Waals surface area contributed by atoms with E-state index in [0.717, 1.165) is 39.3 Å². The minimum Gasteiger partial charge on any atom is -0.228 e. The molecule has 0 radical (unpaired) electrons. The zero-order valence-electron chi connectivity index (χ0n) is 29.7. The van der Waals surface area contributed by atoms with Gasteiger partial charge in [0.15, 0.2) is 5.82 Å². The maximum atomic E-state index is 5.18. The fourth-order valence-electron chi connectivity index (χ4n) is 8.57. The van der Waals surface area contributed by atoms with Crippen molar-refractivity contribution >= 4 is 21.5 Å². The molecule has 9 aromatic rings. The van der Waals surface area contributed by atoms with Crippen molar-refractivity contribution in [2.24, 2.45) is 0 Å². The molecule has 8 aromatic carbocycles. The van der Waals surface area contributed by atoms with Crippen molar-refractivity contribution in [1.82, 2.24) is 9.97 Å². The molecule has 0 N–H and O–H groups in total. The van der Waals surface area contributed by atoms with E-state index in [0.29, 0.717) is 0 Å². The molecule has 0 bridgehead atoms. The summed E-state index contributed by atoms with van der Waals surface area (Å²) in [5, 5.41) is 4.93. The Morgan fingerprint density at radius 3 is 1.60 bits per heavy atom. The number of hydrogen-bond donors (Lipinski definition) is 0. The Morgan fingerprint density at radius 2 is 0.906 bits per heavy atom. The van der Waals surface area contributed by atoms with Crippen LogP contribution in [-0.2, 0) is 5.41 Å². The van der Waals surface area contributed by atoms with Crippen LogP contribution in [0.15, 0.2) is 182 Å². The van der Waals surface area contributed by atoms with Crippen molar-refractivity contribution in [3.8, 4) is 67.3 Å². The number of nitrogens with zero attached hydrogens (tertiary/aromatic N) is 2. The maximum absolute atomic E-state index is 5.18. The van der Waals surface area contributed by atoms with Crippen molar-refractivity contribution in [1.29, 1.82) is 0 Å². The van der Waals surface area contributed by atoms with Crippen LogP contribution in [0.4, 0.5) is 0 Å². The quantitative estimate of drug-likeness (QED) is 0.181. The molecule has 0 fully saturated rings. The largest absolute Gasteiger partial charge is 0.228 e. The third-order valence-electron chi connectivity index (χ3n) is 11.1. The van der Waals surface area contributed by atoms with Crippen LogP contribution in [0.3, 0.4) is 0 Å². The molecule has 0 aliphatic heterocycles. The number of aromatic nitrogens is 2. The first-order valence-electron chi connectivity index (χ1n) is 18.3. The molecule has 0 saturated heterocycles. The second kappa shape index (κ2) is 12.3. The Kier molecular flexibility index (Phi) is 7.19. The molecular formula is C51H36N2. The molecule has 0 spiro atoms. The van der Waals surface area contributed by atoms with Gasteiger partial charge in [-0.1, -0.05) is 178 Å². The summed E-state index contributed by atoms with van der Waals surface area (Å²) in [7, 11) is 0. The lowest BCUT2D eigenvalue weighted by atomic mass is 9.80. The maximum Gasteiger partial charge on any atom is 0.161 e. The van der Waals surface area contributed by atoms with Gasteiger partial charge in [-0.3, -0.25) is 0 Å². The van der Waals surface area contributed by atoms with E-state index in [4.69, 9.17) is 9.97 Å². The van der Waals surface area contributed by atoms with Crippen LogP contribution >= 0.6 is 0 Å². The van der Waals surface area contributed by atoms with E-state index in [9.17, 15) is 0 Å². The van der Waals surface area contributed by atoms with Crippen LogP contribution in [0.1, 0.15) is 25.0 Å². The highest BCUT2D eigenvalue weighted by molar-refractivity contribution is 6.05. The van der Waals surface area contributed by atoms with Gasteiger partial charge in [0.05, 0.1) is 11.4 Å². The lowest BCUT2D eigenvalue weighted by molar-refractivity contribution is 0.666. The number of hydrogen-bond acceptors (Lipinski definition) is 2. The van der Waals surface area contributed by atoms with Crippen LogP contribution in [0.2, 0.25) is 0 Å². The Morgan fingerprint density at radius 1 is 0.377 bits per heavy atom. The van der Waals surface area contributed by atoms with Crippen molar-refractivity contribution in [2.75, 3.05) is 0 Å². The van der Waals surface area contributed by atoms with Crippen LogP contribution in [0, 0.1) is 0 Å². The van der Waals surface area contributed by atoms with E-state index >= 15 is 0 Å². The van der Waals surface area contributed by atoms with Crippen LogP contribution in [-0.4, -0.2) is 9.97 Å². The second-order valence-corrected chi connectivity index (χ2v) is 14.5. The van der Waals surface area contributed by atoms with Gasteiger partial charge in [-0.05, 0) is 84.3 Å². The molecule has 1 heterocycles. The molecule has 1 aromatic heterocycles. The molecule has 250 valence electrons. The van der Waals surface area contributed by atoms with Gasteiger partial charge in [-0.25, -0.2) is 9.97 Å². The predicted octanol–water partition coefficient (Wildman–Crippen LogP) is 13.4. The standard InChI is InChI=1S/C51H36N2/c1-51(2)45-26-14-25-39(48(45)44-28-27-33-15-9-10-22-40(33)49(44)51)37-21-13-20-36(31-37)38-29-30-43(42-24-12-11-23-41(38)42)50-52-46(34-16-5-3-6-17-34)32-47(53-50)35-18-7-4-8-19-35/h3-32H,1-2H3. The van der Waals surface area contributed by atoms with Gasteiger partial charge in [0.1, 0.15) is 0 Å². The highest BCUT2D eigenvalue weighted by atomic mass is 14.9. The first kappa shape index (κ1) is 31.1. The minimum absolute atomic E-state index is 0.106. The summed E-state index contributed by atoms with van der Waals surface area (Å²) in [6.45, 7) is 4.75. The van der Waals surface area contributed by atoms with Crippen molar-refractivity contribution in [3.05, 3.63) is 193 Å².